The van der Waals surface area contributed by atoms with E-state index in [0.29, 0.717) is 5.56 Å². The minimum absolute atomic E-state index is 0.382. The highest BCUT2D eigenvalue weighted by molar-refractivity contribution is 6.17. The number of amides is 1. The van der Waals surface area contributed by atoms with Crippen LogP contribution in [-0.4, -0.2) is 5.91 Å². The van der Waals surface area contributed by atoms with Gasteiger partial charge in [-0.05, 0) is 22.2 Å². The van der Waals surface area contributed by atoms with Crippen molar-refractivity contribution in [2.45, 2.75) is 0 Å². The molecule has 1 amide bonds. The lowest BCUT2D eigenvalue weighted by Gasteiger charge is -2.07. The van der Waals surface area contributed by atoms with Gasteiger partial charge in [0.05, 0.1) is 0 Å². The second kappa shape index (κ2) is 3.59. The van der Waals surface area contributed by atoms with Gasteiger partial charge in [0.2, 0.25) is 5.91 Å². The molecule has 3 aromatic rings. The predicted octanol–water partition coefficient (Wildman–Crippen LogP) is 3.09. The number of fused-ring (bicyclic) bond motifs is 3. The molecule has 0 saturated carbocycles. The Bertz CT molecular complexity index is 731. The first kappa shape index (κ1) is 9.85. The smallest absolute Gasteiger partial charge is 0.249 e. The van der Waals surface area contributed by atoms with Gasteiger partial charge in [-0.15, -0.1) is 0 Å². The van der Waals surface area contributed by atoms with E-state index in [-0.39, 0.29) is 5.91 Å². The molecule has 2 nitrogen and oxygen atoms in total. The SMILES string of the molecule is NC(=O)c1cccc2ccc3ccccc3c12. The summed E-state index contributed by atoms with van der Waals surface area (Å²) in [6.07, 6.45) is 0. The van der Waals surface area contributed by atoms with E-state index in [2.05, 4.69) is 6.07 Å². The van der Waals surface area contributed by atoms with E-state index in [1.807, 2.05) is 42.5 Å². The van der Waals surface area contributed by atoms with Crippen LogP contribution in [0.3, 0.4) is 0 Å². The molecule has 0 saturated heterocycles. The van der Waals surface area contributed by atoms with Crippen molar-refractivity contribution in [3.05, 3.63) is 60.2 Å². The summed E-state index contributed by atoms with van der Waals surface area (Å²) < 4.78 is 0. The largest absolute Gasteiger partial charge is 0.366 e. The highest BCUT2D eigenvalue weighted by atomic mass is 16.1. The van der Waals surface area contributed by atoms with Crippen LogP contribution in [0.25, 0.3) is 21.5 Å². The van der Waals surface area contributed by atoms with Crippen LogP contribution in [0.15, 0.2) is 54.6 Å². The van der Waals surface area contributed by atoms with Gasteiger partial charge in [0.25, 0.3) is 0 Å². The third-order valence-electron chi connectivity index (χ3n) is 3.03. The van der Waals surface area contributed by atoms with E-state index in [9.17, 15) is 4.79 Å². The van der Waals surface area contributed by atoms with Crippen LogP contribution in [-0.2, 0) is 0 Å². The van der Waals surface area contributed by atoms with Crippen molar-refractivity contribution >= 4 is 27.5 Å². The maximum atomic E-state index is 11.5. The molecule has 0 spiro atoms. The summed E-state index contributed by atoms with van der Waals surface area (Å²) in [5.41, 5.74) is 6.01. The molecule has 2 heteroatoms. The molecule has 3 aromatic carbocycles. The van der Waals surface area contributed by atoms with Crippen molar-refractivity contribution in [1.29, 1.82) is 0 Å². The summed E-state index contributed by atoms with van der Waals surface area (Å²) >= 11 is 0. The summed E-state index contributed by atoms with van der Waals surface area (Å²) in [6.45, 7) is 0. The van der Waals surface area contributed by atoms with Gasteiger partial charge in [-0.25, -0.2) is 0 Å². The van der Waals surface area contributed by atoms with E-state index >= 15 is 0 Å². The molecule has 0 unspecified atom stereocenters. The lowest BCUT2D eigenvalue weighted by molar-refractivity contribution is 0.100. The molecule has 3 rings (SSSR count). The Morgan fingerprint density at radius 2 is 1.53 bits per heavy atom. The number of benzene rings is 3. The van der Waals surface area contributed by atoms with Crippen LogP contribution in [0, 0.1) is 0 Å². The normalized spacial score (nSPS) is 10.8. The molecule has 0 aliphatic rings. The summed E-state index contributed by atoms with van der Waals surface area (Å²) in [5, 5.41) is 4.17. The van der Waals surface area contributed by atoms with Crippen molar-refractivity contribution in [3.63, 3.8) is 0 Å². The molecule has 0 aliphatic carbocycles. The van der Waals surface area contributed by atoms with Crippen molar-refractivity contribution in [2.75, 3.05) is 0 Å². The molecular weight excluding hydrogens is 210 g/mol. The minimum atomic E-state index is -0.382. The Labute approximate surface area is 98.7 Å². The van der Waals surface area contributed by atoms with Crippen molar-refractivity contribution in [2.24, 2.45) is 5.73 Å². The Morgan fingerprint density at radius 1 is 0.824 bits per heavy atom. The Morgan fingerprint density at radius 3 is 2.35 bits per heavy atom. The Kier molecular flexibility index (Phi) is 2.08. The zero-order valence-corrected chi connectivity index (χ0v) is 9.18. The van der Waals surface area contributed by atoms with Crippen LogP contribution < -0.4 is 5.73 Å². The highest BCUT2D eigenvalue weighted by Crippen LogP contribution is 2.27. The van der Waals surface area contributed by atoms with Gasteiger partial charge in [0.1, 0.15) is 0 Å². The molecule has 0 bridgehead atoms. The van der Waals surface area contributed by atoms with Gasteiger partial charge in [-0.1, -0.05) is 48.5 Å². The number of primary amides is 1. The van der Waals surface area contributed by atoms with Crippen molar-refractivity contribution in [3.8, 4) is 0 Å². The fourth-order valence-corrected chi connectivity index (χ4v) is 2.26. The number of nitrogens with two attached hydrogens (primary N) is 1. The van der Waals surface area contributed by atoms with E-state index in [4.69, 9.17) is 5.73 Å². The van der Waals surface area contributed by atoms with Crippen LogP contribution in [0.2, 0.25) is 0 Å². The minimum Gasteiger partial charge on any atom is -0.366 e. The molecule has 17 heavy (non-hydrogen) atoms. The van der Waals surface area contributed by atoms with E-state index in [1.165, 1.54) is 0 Å². The fraction of sp³-hybridized carbons (Fsp3) is 0. The van der Waals surface area contributed by atoms with Gasteiger partial charge in [0.15, 0.2) is 0 Å². The molecule has 0 aromatic heterocycles. The zero-order valence-electron chi connectivity index (χ0n) is 9.18. The Balaban J connectivity index is 2.59. The van der Waals surface area contributed by atoms with E-state index < -0.39 is 0 Å². The van der Waals surface area contributed by atoms with Gasteiger partial charge in [-0.3, -0.25) is 4.79 Å². The first-order valence-corrected chi connectivity index (χ1v) is 5.47. The monoisotopic (exact) mass is 221 g/mol. The first-order chi connectivity index (χ1) is 8.27. The second-order valence-electron chi connectivity index (χ2n) is 4.05. The van der Waals surface area contributed by atoms with Crippen LogP contribution in [0.1, 0.15) is 10.4 Å². The third kappa shape index (κ3) is 1.46. The van der Waals surface area contributed by atoms with Gasteiger partial charge in [-0.2, -0.15) is 0 Å². The summed E-state index contributed by atoms with van der Waals surface area (Å²) in [6, 6.07) is 17.7. The molecule has 82 valence electrons. The maximum Gasteiger partial charge on any atom is 0.249 e. The van der Waals surface area contributed by atoms with Crippen molar-refractivity contribution < 1.29 is 4.79 Å². The number of carbonyl (C=O) groups is 1. The average molecular weight is 221 g/mol. The van der Waals surface area contributed by atoms with Gasteiger partial charge >= 0.3 is 0 Å². The van der Waals surface area contributed by atoms with Crippen LogP contribution in [0.4, 0.5) is 0 Å². The standard InChI is InChI=1S/C15H11NO/c16-15(17)13-7-3-5-11-9-8-10-4-1-2-6-12(10)14(11)13/h1-9H,(H2,16,17). The molecular formula is C15H11NO. The van der Waals surface area contributed by atoms with Crippen molar-refractivity contribution in [1.82, 2.24) is 0 Å². The third-order valence-corrected chi connectivity index (χ3v) is 3.03. The topological polar surface area (TPSA) is 43.1 Å². The molecule has 0 heterocycles. The first-order valence-electron chi connectivity index (χ1n) is 5.47. The second-order valence-corrected chi connectivity index (χ2v) is 4.05. The molecule has 0 atom stereocenters. The van der Waals surface area contributed by atoms with Gasteiger partial charge < -0.3 is 5.73 Å². The number of hydrogen-bond acceptors (Lipinski definition) is 1. The number of carbonyl (C=O) groups excluding carboxylic acids is 1. The quantitative estimate of drug-likeness (QED) is 0.630. The van der Waals surface area contributed by atoms with Crippen LogP contribution in [0.5, 0.6) is 0 Å². The molecule has 0 radical (unpaired) electrons. The number of hydrogen-bond donors (Lipinski definition) is 1. The van der Waals surface area contributed by atoms with E-state index in [1.54, 1.807) is 6.07 Å². The molecule has 0 fully saturated rings. The van der Waals surface area contributed by atoms with E-state index in [0.717, 1.165) is 21.5 Å². The lowest BCUT2D eigenvalue weighted by Crippen LogP contribution is -2.11. The maximum absolute atomic E-state index is 11.5. The number of rotatable bonds is 1. The van der Waals surface area contributed by atoms with Gasteiger partial charge in [0, 0.05) is 10.9 Å². The lowest BCUT2D eigenvalue weighted by atomic mass is 9.97. The van der Waals surface area contributed by atoms with Crippen LogP contribution >= 0.6 is 0 Å². The summed E-state index contributed by atoms with van der Waals surface area (Å²) in [5.74, 6) is -0.382. The summed E-state index contributed by atoms with van der Waals surface area (Å²) in [4.78, 5) is 11.5. The average Bonchev–Trinajstić information content (AvgIpc) is 2.37. The molecule has 2 N–H and O–H groups in total. The highest BCUT2D eigenvalue weighted by Gasteiger charge is 2.08. The predicted molar refractivity (Wildman–Crippen MR) is 70.0 cm³/mol. The Hall–Kier alpha value is -2.35. The summed E-state index contributed by atoms with van der Waals surface area (Å²) in [7, 11) is 0. The zero-order chi connectivity index (χ0) is 11.8. The fourth-order valence-electron chi connectivity index (χ4n) is 2.26. The molecule has 0 aliphatic heterocycles.